The maximum atomic E-state index is 11.4. The summed E-state index contributed by atoms with van der Waals surface area (Å²) in [6, 6.07) is 1.60. The molecule has 88 valence electrons. The number of carbonyl (C=O) groups is 1. The van der Waals surface area contributed by atoms with Gasteiger partial charge in [-0.05, 0) is 6.07 Å². The van der Waals surface area contributed by atoms with Crippen LogP contribution in [0.4, 0.5) is 0 Å². The summed E-state index contributed by atoms with van der Waals surface area (Å²) in [6.45, 7) is 0. The quantitative estimate of drug-likeness (QED) is 0.682. The lowest BCUT2D eigenvalue weighted by atomic mass is 10.2. The van der Waals surface area contributed by atoms with E-state index >= 15 is 0 Å². The number of aromatic amines is 1. The van der Waals surface area contributed by atoms with E-state index in [9.17, 15) is 9.59 Å². The largest absolute Gasteiger partial charge is 0.500 e. The Morgan fingerprint density at radius 3 is 2.88 bits per heavy atom. The third-order valence-electron chi connectivity index (χ3n) is 2.30. The van der Waals surface area contributed by atoms with Crippen LogP contribution in [0.15, 0.2) is 17.1 Å². The average molecular weight is 236 g/mol. The van der Waals surface area contributed by atoms with Crippen molar-refractivity contribution in [1.82, 2.24) is 9.97 Å². The van der Waals surface area contributed by atoms with Crippen molar-refractivity contribution in [3.8, 4) is 6.01 Å². The maximum Gasteiger partial charge on any atom is 0.500 e. The number of methoxy groups -OCH3 is 1. The van der Waals surface area contributed by atoms with Gasteiger partial charge in [-0.3, -0.25) is 9.78 Å². The zero-order valence-corrected chi connectivity index (χ0v) is 9.22. The summed E-state index contributed by atoms with van der Waals surface area (Å²) in [5.74, 6) is -1.27. The third kappa shape index (κ3) is 1.82. The first-order valence-corrected chi connectivity index (χ1v) is 4.74. The van der Waals surface area contributed by atoms with Gasteiger partial charge in [-0.15, -0.1) is 0 Å². The number of aromatic carboxylic acids is 1. The summed E-state index contributed by atoms with van der Waals surface area (Å²) < 4.78 is 6.57. The van der Waals surface area contributed by atoms with E-state index in [2.05, 4.69) is 9.97 Å². The lowest BCUT2D eigenvalue weighted by Crippen LogP contribution is -2.31. The molecule has 0 saturated carbocycles. The summed E-state index contributed by atoms with van der Waals surface area (Å²) in [4.78, 5) is 28.7. The van der Waals surface area contributed by atoms with Crippen molar-refractivity contribution in [2.75, 3.05) is 7.11 Å². The van der Waals surface area contributed by atoms with E-state index in [-0.39, 0.29) is 11.2 Å². The highest BCUT2D eigenvalue weighted by molar-refractivity contribution is 5.91. The van der Waals surface area contributed by atoms with Crippen LogP contribution in [0.25, 0.3) is 11.0 Å². The van der Waals surface area contributed by atoms with Gasteiger partial charge in [0.1, 0.15) is 11.8 Å². The number of carboxylic acid groups (broad SMARTS) is 1. The third-order valence-corrected chi connectivity index (χ3v) is 2.30. The van der Waals surface area contributed by atoms with Gasteiger partial charge < -0.3 is 9.84 Å². The SMILES string of the molecule is COc1nc2[nH]c(=O)c(C(=O)O)cc2c[n+]1C. The monoisotopic (exact) mass is 236 g/mol. The fourth-order valence-corrected chi connectivity index (χ4v) is 1.51. The number of hydrogen-bond acceptors (Lipinski definition) is 4. The molecule has 0 unspecified atom stereocenters. The molecule has 0 saturated heterocycles. The van der Waals surface area contributed by atoms with Gasteiger partial charge >= 0.3 is 12.0 Å². The normalized spacial score (nSPS) is 10.5. The van der Waals surface area contributed by atoms with Crippen LogP contribution in [-0.2, 0) is 7.05 Å². The number of fused-ring (bicyclic) bond motifs is 1. The van der Waals surface area contributed by atoms with Gasteiger partial charge in [-0.2, -0.15) is 4.57 Å². The van der Waals surface area contributed by atoms with Crippen LogP contribution in [0.2, 0.25) is 0 Å². The van der Waals surface area contributed by atoms with Crippen molar-refractivity contribution in [2.45, 2.75) is 0 Å². The minimum atomic E-state index is -1.27. The van der Waals surface area contributed by atoms with Crippen molar-refractivity contribution in [3.05, 3.63) is 28.2 Å². The summed E-state index contributed by atoms with van der Waals surface area (Å²) in [5, 5.41) is 9.34. The molecule has 17 heavy (non-hydrogen) atoms. The van der Waals surface area contributed by atoms with Gasteiger partial charge in [0.25, 0.3) is 11.2 Å². The molecule has 7 heteroatoms. The van der Waals surface area contributed by atoms with Crippen molar-refractivity contribution < 1.29 is 19.2 Å². The highest BCUT2D eigenvalue weighted by atomic mass is 16.5. The van der Waals surface area contributed by atoms with Crippen LogP contribution >= 0.6 is 0 Å². The Kier molecular flexibility index (Phi) is 2.51. The van der Waals surface area contributed by atoms with Crippen molar-refractivity contribution >= 4 is 17.0 Å². The van der Waals surface area contributed by atoms with E-state index in [4.69, 9.17) is 9.84 Å². The van der Waals surface area contributed by atoms with Gasteiger partial charge in [0.2, 0.25) is 0 Å². The first-order valence-electron chi connectivity index (χ1n) is 4.74. The van der Waals surface area contributed by atoms with Gasteiger partial charge in [-0.25, -0.2) is 4.79 Å². The van der Waals surface area contributed by atoms with Crippen LogP contribution in [0.1, 0.15) is 10.4 Å². The molecule has 0 fully saturated rings. The topological polar surface area (TPSA) is 96.2 Å². The van der Waals surface area contributed by atoms with Gasteiger partial charge in [0, 0.05) is 4.98 Å². The number of hydrogen-bond donors (Lipinski definition) is 2. The first-order chi connectivity index (χ1) is 8.02. The minimum Gasteiger partial charge on any atom is -0.477 e. The first kappa shape index (κ1) is 11.1. The zero-order valence-electron chi connectivity index (χ0n) is 9.22. The van der Waals surface area contributed by atoms with Crippen LogP contribution < -0.4 is 14.9 Å². The minimum absolute atomic E-state index is 0.287. The number of nitrogens with zero attached hydrogens (tertiary/aromatic N) is 2. The van der Waals surface area contributed by atoms with Gasteiger partial charge in [0.15, 0.2) is 0 Å². The number of ether oxygens (including phenoxy) is 1. The zero-order chi connectivity index (χ0) is 12.6. The molecular weight excluding hydrogens is 226 g/mol. The Bertz CT molecular complexity index is 662. The molecule has 2 rings (SSSR count). The number of aryl methyl sites for hydroxylation is 1. The lowest BCUT2D eigenvalue weighted by Gasteiger charge is -1.99. The Labute approximate surface area is 95.3 Å². The Morgan fingerprint density at radius 1 is 1.59 bits per heavy atom. The number of pyridine rings is 1. The van der Waals surface area contributed by atoms with Crippen LogP contribution in [0.5, 0.6) is 6.01 Å². The predicted molar refractivity (Wildman–Crippen MR) is 57.1 cm³/mol. The summed E-state index contributed by atoms with van der Waals surface area (Å²) in [6.07, 6.45) is 1.63. The fraction of sp³-hybridized carbons (Fsp3) is 0.200. The predicted octanol–water partition coefficient (Wildman–Crippen LogP) is -0.546. The second-order valence-corrected chi connectivity index (χ2v) is 3.46. The van der Waals surface area contributed by atoms with E-state index in [1.165, 1.54) is 13.2 Å². The summed E-state index contributed by atoms with van der Waals surface area (Å²) >= 11 is 0. The average Bonchev–Trinajstić information content (AvgIpc) is 2.27. The molecule has 2 heterocycles. The standard InChI is InChI=1S/C10H9N3O4/c1-13-4-5-3-6(9(15)16)8(14)11-7(5)12-10(13)17-2/h3-4H,1-2H3,(H,15,16)/p+1. The molecule has 0 aliphatic carbocycles. The van der Waals surface area contributed by atoms with E-state index in [0.29, 0.717) is 11.4 Å². The number of nitrogens with one attached hydrogen (secondary N) is 1. The van der Waals surface area contributed by atoms with E-state index in [1.807, 2.05) is 0 Å². The molecule has 2 aromatic rings. The van der Waals surface area contributed by atoms with Gasteiger partial charge in [-0.1, -0.05) is 0 Å². The molecule has 0 spiro atoms. The van der Waals surface area contributed by atoms with Gasteiger partial charge in [0.05, 0.1) is 19.5 Å². The van der Waals surface area contributed by atoms with E-state index in [0.717, 1.165) is 0 Å². The highest BCUT2D eigenvalue weighted by Crippen LogP contribution is 2.09. The second-order valence-electron chi connectivity index (χ2n) is 3.46. The Hall–Kier alpha value is -2.44. The number of H-pyrrole nitrogens is 1. The van der Waals surface area contributed by atoms with Crippen molar-refractivity contribution in [1.29, 1.82) is 0 Å². The molecule has 0 bridgehead atoms. The number of rotatable bonds is 2. The van der Waals surface area contributed by atoms with Crippen LogP contribution in [0, 0.1) is 0 Å². The second kappa shape index (κ2) is 3.85. The lowest BCUT2D eigenvalue weighted by molar-refractivity contribution is -0.678. The fourth-order valence-electron chi connectivity index (χ4n) is 1.51. The Morgan fingerprint density at radius 2 is 2.29 bits per heavy atom. The molecule has 0 aromatic carbocycles. The smallest absolute Gasteiger partial charge is 0.477 e. The molecule has 7 nitrogen and oxygen atoms in total. The summed E-state index contributed by atoms with van der Waals surface area (Å²) in [7, 11) is 3.16. The molecule has 0 amide bonds. The highest BCUT2D eigenvalue weighted by Gasteiger charge is 2.17. The Balaban J connectivity index is 2.79. The molecule has 0 aliphatic heterocycles. The molecule has 0 aliphatic rings. The molecule has 2 aromatic heterocycles. The number of carboxylic acids is 1. The molecular formula is C10H10N3O4+. The van der Waals surface area contributed by atoms with E-state index < -0.39 is 11.5 Å². The molecule has 0 radical (unpaired) electrons. The maximum absolute atomic E-state index is 11.4. The number of aromatic nitrogens is 3. The van der Waals surface area contributed by atoms with Crippen molar-refractivity contribution in [3.63, 3.8) is 0 Å². The van der Waals surface area contributed by atoms with Crippen LogP contribution in [-0.4, -0.2) is 28.2 Å². The van der Waals surface area contributed by atoms with Crippen molar-refractivity contribution in [2.24, 2.45) is 7.05 Å². The summed E-state index contributed by atoms with van der Waals surface area (Å²) in [5.41, 5.74) is -0.715. The van der Waals surface area contributed by atoms with E-state index in [1.54, 1.807) is 17.8 Å². The molecule has 2 N–H and O–H groups in total. The molecule has 0 atom stereocenters. The van der Waals surface area contributed by atoms with Crippen LogP contribution in [0.3, 0.4) is 0 Å².